The number of benzene rings is 1. The lowest BCUT2D eigenvalue weighted by atomic mass is 9.95. The molecule has 1 atom stereocenters. The average molecular weight is 359 g/mol. The van der Waals surface area contributed by atoms with Gasteiger partial charge in [-0.2, -0.15) is 0 Å². The Morgan fingerprint density at radius 1 is 1.12 bits per heavy atom. The van der Waals surface area contributed by atoms with E-state index in [4.69, 9.17) is 10.9 Å². The number of hydroxylamine groups is 1. The first-order chi connectivity index (χ1) is 11.9. The van der Waals surface area contributed by atoms with Crippen molar-refractivity contribution in [3.63, 3.8) is 0 Å². The zero-order valence-corrected chi connectivity index (χ0v) is 16.1. The average Bonchev–Trinajstić information content (AvgIpc) is 2.57. The standard InChI is InChI=1S/C18H25N3O3.C2H4/c1-17(2,3)11-10-12-6-8-13(9-7-12)15(22)20-14(16(23)21-24)18(4,5)19;1-2/h6-9,14,24H,19H2,1-5H3,(H,20,22)(H,21,23);1-2H2. The van der Waals surface area contributed by atoms with Crippen molar-refractivity contribution in [2.24, 2.45) is 11.1 Å². The largest absolute Gasteiger partial charge is 0.338 e. The lowest BCUT2D eigenvalue weighted by molar-refractivity contribution is -0.132. The molecule has 6 heteroatoms. The molecule has 0 aromatic heterocycles. The molecule has 0 aliphatic carbocycles. The van der Waals surface area contributed by atoms with E-state index in [1.807, 2.05) is 20.8 Å². The number of rotatable bonds is 4. The number of amides is 2. The number of carbonyl (C=O) groups excluding carboxylic acids is 2. The molecule has 0 aliphatic rings. The van der Waals surface area contributed by atoms with Gasteiger partial charge >= 0.3 is 0 Å². The summed E-state index contributed by atoms with van der Waals surface area (Å²) in [4.78, 5) is 24.0. The van der Waals surface area contributed by atoms with E-state index in [1.54, 1.807) is 38.1 Å². The van der Waals surface area contributed by atoms with Gasteiger partial charge in [-0.3, -0.25) is 14.8 Å². The van der Waals surface area contributed by atoms with E-state index in [2.05, 4.69) is 30.3 Å². The first kappa shape index (κ1) is 23.4. The van der Waals surface area contributed by atoms with Crippen molar-refractivity contribution in [2.45, 2.75) is 46.2 Å². The maximum absolute atomic E-state index is 12.3. The van der Waals surface area contributed by atoms with Gasteiger partial charge in [-0.25, -0.2) is 5.48 Å². The molecule has 0 fully saturated rings. The van der Waals surface area contributed by atoms with Gasteiger partial charge < -0.3 is 11.1 Å². The molecule has 1 aromatic rings. The molecular weight excluding hydrogens is 330 g/mol. The quantitative estimate of drug-likeness (QED) is 0.286. The minimum absolute atomic E-state index is 0.104. The van der Waals surface area contributed by atoms with Gasteiger partial charge in [-0.15, -0.1) is 13.2 Å². The summed E-state index contributed by atoms with van der Waals surface area (Å²) in [6.45, 7) is 15.2. The molecule has 2 amide bonds. The Bertz CT molecular complexity index is 671. The van der Waals surface area contributed by atoms with Crippen LogP contribution < -0.4 is 16.5 Å². The Balaban J connectivity index is 0.00000301. The van der Waals surface area contributed by atoms with Crippen LogP contribution in [0.5, 0.6) is 0 Å². The molecule has 5 N–H and O–H groups in total. The van der Waals surface area contributed by atoms with Gasteiger partial charge in [0.25, 0.3) is 11.8 Å². The van der Waals surface area contributed by atoms with Crippen molar-refractivity contribution in [1.29, 1.82) is 0 Å². The second kappa shape index (κ2) is 9.76. The maximum atomic E-state index is 12.3. The van der Waals surface area contributed by atoms with Gasteiger partial charge in [0.1, 0.15) is 6.04 Å². The molecule has 0 saturated heterocycles. The number of hydrogen-bond donors (Lipinski definition) is 4. The molecule has 0 saturated carbocycles. The molecule has 6 nitrogen and oxygen atoms in total. The summed E-state index contributed by atoms with van der Waals surface area (Å²) >= 11 is 0. The summed E-state index contributed by atoms with van der Waals surface area (Å²) < 4.78 is 0. The number of hydrogen-bond acceptors (Lipinski definition) is 4. The molecule has 0 radical (unpaired) electrons. The van der Waals surface area contributed by atoms with E-state index in [-0.39, 0.29) is 5.41 Å². The second-order valence-electron chi connectivity index (χ2n) is 7.28. The fourth-order valence-electron chi connectivity index (χ4n) is 1.83. The third-order valence-corrected chi connectivity index (χ3v) is 3.12. The van der Waals surface area contributed by atoms with E-state index in [1.165, 1.54) is 5.48 Å². The van der Waals surface area contributed by atoms with Gasteiger partial charge in [-0.05, 0) is 58.9 Å². The van der Waals surface area contributed by atoms with Crippen LogP contribution in [0.4, 0.5) is 0 Å². The Labute approximate surface area is 155 Å². The van der Waals surface area contributed by atoms with E-state index >= 15 is 0 Å². The SMILES string of the molecule is C=C.CC(C)(C)C#Cc1ccc(C(=O)NC(C(=O)NO)C(C)(C)N)cc1. The molecule has 0 aliphatic heterocycles. The highest BCUT2D eigenvalue weighted by Crippen LogP contribution is 2.12. The summed E-state index contributed by atoms with van der Waals surface area (Å²) in [5.74, 6) is 4.92. The molecule has 142 valence electrons. The van der Waals surface area contributed by atoms with Crippen LogP contribution in [0.1, 0.15) is 50.5 Å². The van der Waals surface area contributed by atoms with Gasteiger partial charge in [0.15, 0.2) is 0 Å². The molecule has 1 unspecified atom stereocenters. The normalized spacial score (nSPS) is 11.8. The second-order valence-corrected chi connectivity index (χ2v) is 7.28. The first-order valence-corrected chi connectivity index (χ1v) is 8.11. The van der Waals surface area contributed by atoms with Crippen molar-refractivity contribution >= 4 is 11.8 Å². The minimum Gasteiger partial charge on any atom is -0.338 e. The van der Waals surface area contributed by atoms with Crippen molar-refractivity contribution in [3.05, 3.63) is 48.6 Å². The molecular formula is C20H29N3O3. The van der Waals surface area contributed by atoms with Crippen LogP contribution in [0, 0.1) is 17.3 Å². The van der Waals surface area contributed by atoms with Gasteiger partial charge in [0.2, 0.25) is 0 Å². The van der Waals surface area contributed by atoms with Crippen molar-refractivity contribution in [3.8, 4) is 11.8 Å². The highest BCUT2D eigenvalue weighted by molar-refractivity contribution is 5.97. The number of carbonyl (C=O) groups is 2. The Morgan fingerprint density at radius 3 is 2.00 bits per heavy atom. The van der Waals surface area contributed by atoms with Crippen molar-refractivity contribution in [2.75, 3.05) is 0 Å². The molecule has 26 heavy (non-hydrogen) atoms. The topological polar surface area (TPSA) is 104 Å². The predicted molar refractivity (Wildman–Crippen MR) is 103 cm³/mol. The molecule has 1 aromatic carbocycles. The Hall–Kier alpha value is -2.62. The third-order valence-electron chi connectivity index (χ3n) is 3.12. The van der Waals surface area contributed by atoms with Gasteiger partial charge in [-0.1, -0.05) is 11.8 Å². The fraction of sp³-hybridized carbons (Fsp3) is 0.400. The summed E-state index contributed by atoms with van der Waals surface area (Å²) in [5, 5.41) is 11.3. The lowest BCUT2D eigenvalue weighted by Gasteiger charge is -2.29. The molecule has 0 bridgehead atoms. The first-order valence-electron chi connectivity index (χ1n) is 8.11. The van der Waals surface area contributed by atoms with E-state index in [0.29, 0.717) is 5.56 Å². The Kier molecular flexibility index (Phi) is 8.77. The highest BCUT2D eigenvalue weighted by Gasteiger charge is 2.33. The summed E-state index contributed by atoms with van der Waals surface area (Å²) in [7, 11) is 0. The van der Waals surface area contributed by atoms with E-state index in [0.717, 1.165) is 5.56 Å². The summed E-state index contributed by atoms with van der Waals surface area (Å²) in [5.41, 5.74) is 7.42. The highest BCUT2D eigenvalue weighted by atomic mass is 16.5. The van der Waals surface area contributed by atoms with Crippen molar-refractivity contribution in [1.82, 2.24) is 10.8 Å². The third kappa shape index (κ3) is 7.97. The smallest absolute Gasteiger partial charge is 0.267 e. The van der Waals surface area contributed by atoms with Crippen LogP contribution in [0.3, 0.4) is 0 Å². The molecule has 0 spiro atoms. The number of nitrogens with two attached hydrogens (primary N) is 1. The van der Waals surface area contributed by atoms with Crippen LogP contribution >= 0.6 is 0 Å². The Morgan fingerprint density at radius 2 is 1.62 bits per heavy atom. The van der Waals surface area contributed by atoms with Crippen LogP contribution in [0.2, 0.25) is 0 Å². The minimum atomic E-state index is -1.07. The zero-order valence-electron chi connectivity index (χ0n) is 16.1. The van der Waals surface area contributed by atoms with Gasteiger partial charge in [0, 0.05) is 22.1 Å². The lowest BCUT2D eigenvalue weighted by Crippen LogP contribution is -2.61. The number of nitrogens with one attached hydrogen (secondary N) is 2. The van der Waals surface area contributed by atoms with Crippen LogP contribution in [0.25, 0.3) is 0 Å². The van der Waals surface area contributed by atoms with Gasteiger partial charge in [0.05, 0.1) is 0 Å². The fourth-order valence-corrected chi connectivity index (χ4v) is 1.83. The van der Waals surface area contributed by atoms with Crippen LogP contribution in [-0.4, -0.2) is 28.6 Å². The zero-order chi connectivity index (χ0) is 20.5. The van der Waals surface area contributed by atoms with Crippen LogP contribution in [0.15, 0.2) is 37.4 Å². The van der Waals surface area contributed by atoms with Crippen molar-refractivity contribution < 1.29 is 14.8 Å². The molecule has 0 heterocycles. The summed E-state index contributed by atoms with van der Waals surface area (Å²) in [6.07, 6.45) is 0. The van der Waals surface area contributed by atoms with E-state index in [9.17, 15) is 9.59 Å². The predicted octanol–water partition coefficient (Wildman–Crippen LogP) is 2.23. The van der Waals surface area contributed by atoms with E-state index < -0.39 is 23.4 Å². The summed E-state index contributed by atoms with van der Waals surface area (Å²) in [6, 6.07) is 5.65. The monoisotopic (exact) mass is 359 g/mol. The maximum Gasteiger partial charge on any atom is 0.267 e. The van der Waals surface area contributed by atoms with Crippen LogP contribution in [-0.2, 0) is 4.79 Å². The molecule has 1 rings (SSSR count).